The largest absolute Gasteiger partial charge is 0.326 e. The minimum Gasteiger partial charge on any atom is -0.326 e. The summed E-state index contributed by atoms with van der Waals surface area (Å²) in [5.41, 5.74) is 6.06. The third kappa shape index (κ3) is 4.05. The summed E-state index contributed by atoms with van der Waals surface area (Å²) in [6.07, 6.45) is 1.20. The lowest BCUT2D eigenvalue weighted by Gasteiger charge is -2.18. The van der Waals surface area contributed by atoms with Gasteiger partial charge in [-0.25, -0.2) is 17.2 Å². The maximum absolute atomic E-state index is 12.9. The molecule has 0 spiro atoms. The van der Waals surface area contributed by atoms with Gasteiger partial charge in [-0.2, -0.15) is 0 Å². The molecule has 6 heteroatoms. The van der Waals surface area contributed by atoms with Gasteiger partial charge >= 0.3 is 0 Å². The first-order chi connectivity index (χ1) is 7.70. The van der Waals surface area contributed by atoms with E-state index in [1.807, 2.05) is 0 Å². The van der Waals surface area contributed by atoms with Gasteiger partial charge in [-0.15, -0.1) is 0 Å². The first-order valence-electron chi connectivity index (χ1n) is 5.09. The number of hydrogen-bond acceptors (Lipinski definition) is 3. The smallest absolute Gasteiger partial charge is 0.151 e. The average Bonchev–Trinajstić information content (AvgIpc) is 2.13. The summed E-state index contributed by atoms with van der Waals surface area (Å²) in [7, 11) is -3.25. The van der Waals surface area contributed by atoms with Crippen molar-refractivity contribution >= 4 is 9.84 Å². The van der Waals surface area contributed by atoms with E-state index in [0.717, 1.165) is 24.5 Å². The number of rotatable bonds is 4. The summed E-state index contributed by atoms with van der Waals surface area (Å²) < 4.78 is 48.4. The van der Waals surface area contributed by atoms with Crippen molar-refractivity contribution < 1.29 is 17.2 Å². The molecule has 0 aliphatic carbocycles. The second-order valence-corrected chi connectivity index (χ2v) is 6.58. The van der Waals surface area contributed by atoms with Gasteiger partial charge in [0.2, 0.25) is 0 Å². The Morgan fingerprint density at radius 3 is 2.12 bits per heavy atom. The normalized spacial score (nSPS) is 15.6. The van der Waals surface area contributed by atoms with E-state index in [4.69, 9.17) is 5.73 Å². The van der Waals surface area contributed by atoms with Crippen LogP contribution in [-0.2, 0) is 16.3 Å². The number of nitrogens with two attached hydrogens (primary N) is 1. The maximum atomic E-state index is 12.9. The molecule has 2 atom stereocenters. The van der Waals surface area contributed by atoms with Gasteiger partial charge in [0, 0.05) is 18.4 Å². The van der Waals surface area contributed by atoms with E-state index in [1.165, 1.54) is 6.92 Å². The molecule has 0 aliphatic heterocycles. The first kappa shape index (κ1) is 14.1. The van der Waals surface area contributed by atoms with Crippen molar-refractivity contribution in [3.8, 4) is 0 Å². The summed E-state index contributed by atoms with van der Waals surface area (Å²) in [6, 6.07) is 2.37. The van der Waals surface area contributed by atoms with Crippen molar-refractivity contribution in [3.63, 3.8) is 0 Å². The number of halogens is 2. The topological polar surface area (TPSA) is 60.2 Å². The Morgan fingerprint density at radius 1 is 1.24 bits per heavy atom. The van der Waals surface area contributed by atoms with E-state index in [9.17, 15) is 17.2 Å². The minimum atomic E-state index is -3.25. The Balaban J connectivity index is 2.84. The van der Waals surface area contributed by atoms with Gasteiger partial charge in [0.25, 0.3) is 0 Å². The molecule has 0 radical (unpaired) electrons. The van der Waals surface area contributed by atoms with Crippen molar-refractivity contribution in [3.05, 3.63) is 35.4 Å². The molecule has 0 heterocycles. The Bertz CT molecular complexity index is 482. The second kappa shape index (κ2) is 5.10. The van der Waals surface area contributed by atoms with Gasteiger partial charge in [-0.1, -0.05) is 0 Å². The molecule has 0 saturated heterocycles. The molecule has 0 aliphatic rings. The van der Waals surface area contributed by atoms with Gasteiger partial charge in [-0.05, 0) is 31.0 Å². The van der Waals surface area contributed by atoms with Crippen LogP contribution in [0.15, 0.2) is 18.2 Å². The van der Waals surface area contributed by atoms with Crippen LogP contribution >= 0.6 is 0 Å². The highest BCUT2D eigenvalue weighted by Crippen LogP contribution is 2.13. The van der Waals surface area contributed by atoms with E-state index < -0.39 is 32.8 Å². The van der Waals surface area contributed by atoms with Crippen LogP contribution in [0.5, 0.6) is 0 Å². The quantitative estimate of drug-likeness (QED) is 0.890. The average molecular weight is 263 g/mol. The van der Waals surface area contributed by atoms with Gasteiger partial charge < -0.3 is 5.73 Å². The van der Waals surface area contributed by atoms with Crippen LogP contribution in [0.4, 0.5) is 8.78 Å². The van der Waals surface area contributed by atoms with Crippen LogP contribution in [0.1, 0.15) is 12.5 Å². The molecule has 2 N–H and O–H groups in total. The molecule has 17 heavy (non-hydrogen) atoms. The van der Waals surface area contributed by atoms with Crippen LogP contribution in [0, 0.1) is 11.6 Å². The van der Waals surface area contributed by atoms with E-state index in [0.29, 0.717) is 5.56 Å². The van der Waals surface area contributed by atoms with Crippen LogP contribution in [0.25, 0.3) is 0 Å². The minimum absolute atomic E-state index is 0.114. The van der Waals surface area contributed by atoms with E-state index in [-0.39, 0.29) is 6.42 Å². The van der Waals surface area contributed by atoms with Crippen LogP contribution in [0.3, 0.4) is 0 Å². The Morgan fingerprint density at radius 2 is 1.71 bits per heavy atom. The van der Waals surface area contributed by atoms with E-state index >= 15 is 0 Å². The third-order valence-electron chi connectivity index (χ3n) is 2.67. The predicted molar refractivity (Wildman–Crippen MR) is 62.3 cm³/mol. The Hall–Kier alpha value is -1.01. The third-order valence-corrected chi connectivity index (χ3v) is 4.37. The number of benzene rings is 1. The SMILES string of the molecule is CC(C(N)Cc1cc(F)cc(F)c1)S(C)(=O)=O. The van der Waals surface area contributed by atoms with Gasteiger partial charge in [0.1, 0.15) is 11.6 Å². The zero-order valence-corrected chi connectivity index (χ0v) is 10.5. The second-order valence-electron chi connectivity index (χ2n) is 4.18. The predicted octanol–water partition coefficient (Wildman–Crippen LogP) is 1.27. The molecule has 0 saturated carbocycles. The fraction of sp³-hybridized carbons (Fsp3) is 0.455. The summed E-state index contributed by atoms with van der Waals surface area (Å²) in [6.45, 7) is 1.48. The summed E-state index contributed by atoms with van der Waals surface area (Å²) in [5.74, 6) is -1.39. The molecular formula is C11H15F2NO2S. The molecule has 0 fully saturated rings. The van der Waals surface area contributed by atoms with Crippen LogP contribution in [0.2, 0.25) is 0 Å². The zero-order valence-electron chi connectivity index (χ0n) is 9.65. The fourth-order valence-corrected chi connectivity index (χ4v) is 2.22. The summed E-state index contributed by atoms with van der Waals surface area (Å²) >= 11 is 0. The molecule has 1 rings (SSSR count). The zero-order chi connectivity index (χ0) is 13.2. The molecule has 1 aromatic carbocycles. The lowest BCUT2D eigenvalue weighted by Crippen LogP contribution is -2.39. The lowest BCUT2D eigenvalue weighted by molar-refractivity contribution is 0.556. The molecule has 0 bridgehead atoms. The molecular weight excluding hydrogens is 248 g/mol. The van der Waals surface area contributed by atoms with Crippen molar-refractivity contribution in [1.29, 1.82) is 0 Å². The fourth-order valence-electron chi connectivity index (χ4n) is 1.48. The van der Waals surface area contributed by atoms with Crippen molar-refractivity contribution in [1.82, 2.24) is 0 Å². The van der Waals surface area contributed by atoms with Gasteiger partial charge in [-0.3, -0.25) is 0 Å². The maximum Gasteiger partial charge on any atom is 0.151 e. The monoisotopic (exact) mass is 263 g/mol. The molecule has 1 aromatic rings. The molecule has 3 nitrogen and oxygen atoms in total. The highest BCUT2D eigenvalue weighted by molar-refractivity contribution is 7.91. The highest BCUT2D eigenvalue weighted by atomic mass is 32.2. The van der Waals surface area contributed by atoms with Gasteiger partial charge in [0.15, 0.2) is 9.84 Å². The number of sulfone groups is 1. The standard InChI is InChI=1S/C11H15F2NO2S/c1-7(17(2,15)16)11(14)5-8-3-9(12)6-10(13)4-8/h3-4,6-7,11H,5,14H2,1-2H3. The van der Waals surface area contributed by atoms with E-state index in [2.05, 4.69) is 0 Å². The summed E-state index contributed by atoms with van der Waals surface area (Å²) in [4.78, 5) is 0. The molecule has 2 unspecified atom stereocenters. The van der Waals surface area contributed by atoms with E-state index in [1.54, 1.807) is 0 Å². The molecule has 0 aromatic heterocycles. The van der Waals surface area contributed by atoms with Crippen molar-refractivity contribution in [2.75, 3.05) is 6.26 Å². The van der Waals surface area contributed by atoms with Crippen LogP contribution in [-0.4, -0.2) is 26.0 Å². The van der Waals surface area contributed by atoms with Crippen molar-refractivity contribution in [2.24, 2.45) is 5.73 Å². The highest BCUT2D eigenvalue weighted by Gasteiger charge is 2.23. The molecule has 0 amide bonds. The van der Waals surface area contributed by atoms with Crippen LogP contribution < -0.4 is 5.73 Å². The lowest BCUT2D eigenvalue weighted by atomic mass is 10.0. The summed E-state index contributed by atoms with van der Waals surface area (Å²) in [5, 5.41) is -0.756. The number of hydrogen-bond donors (Lipinski definition) is 1. The van der Waals surface area contributed by atoms with Gasteiger partial charge in [0.05, 0.1) is 5.25 Å². The molecule has 96 valence electrons. The first-order valence-corrected chi connectivity index (χ1v) is 7.05. The Kier molecular flexibility index (Phi) is 4.21. The van der Waals surface area contributed by atoms with Crippen molar-refractivity contribution in [2.45, 2.75) is 24.6 Å². The Labute approximate surface area is 99.6 Å².